The molecular formula is C39H50NO14-. The number of esters is 2. The molecule has 54 heavy (non-hydrogen) atoms. The maximum atomic E-state index is 11.9. The maximum absolute atomic E-state index is 11.9. The van der Waals surface area contributed by atoms with E-state index >= 15 is 0 Å². The van der Waals surface area contributed by atoms with Crippen molar-refractivity contribution in [3.63, 3.8) is 0 Å². The van der Waals surface area contributed by atoms with Crippen molar-refractivity contribution < 1.29 is 68.6 Å². The molecule has 0 aromatic heterocycles. The lowest BCUT2D eigenvalue weighted by molar-refractivity contribution is -0.325. The Morgan fingerprint density at radius 2 is 0.963 bits per heavy atom. The van der Waals surface area contributed by atoms with E-state index in [-0.39, 0.29) is 37.8 Å². The number of carbonyl (C=O) groups is 7. The van der Waals surface area contributed by atoms with E-state index in [2.05, 4.69) is 18.5 Å². The van der Waals surface area contributed by atoms with Crippen molar-refractivity contribution in [1.29, 1.82) is 0 Å². The van der Waals surface area contributed by atoms with Crippen LogP contribution in [0.5, 0.6) is 0 Å². The number of benzene rings is 3. The van der Waals surface area contributed by atoms with Crippen molar-refractivity contribution in [3.8, 4) is 0 Å². The van der Waals surface area contributed by atoms with Gasteiger partial charge in [-0.3, -0.25) is 28.8 Å². The summed E-state index contributed by atoms with van der Waals surface area (Å²) in [6.45, 7) is 14.9. The zero-order valence-corrected chi connectivity index (χ0v) is 31.3. The van der Waals surface area contributed by atoms with Gasteiger partial charge < -0.3 is 40.3 Å². The Morgan fingerprint density at radius 3 is 1.28 bits per heavy atom. The number of hydrogen-bond acceptors (Lipinski definition) is 10. The van der Waals surface area contributed by atoms with Gasteiger partial charge in [0, 0.05) is 34.1 Å². The number of amides is 1. The summed E-state index contributed by atoms with van der Waals surface area (Å²) in [5.41, 5.74) is 3.65. The lowest BCUT2D eigenvalue weighted by Crippen LogP contribution is -2.41. The van der Waals surface area contributed by atoms with Crippen LogP contribution in [-0.4, -0.2) is 75.3 Å². The summed E-state index contributed by atoms with van der Waals surface area (Å²) in [6, 6.07) is 21.2. The van der Waals surface area contributed by atoms with E-state index in [1.165, 1.54) is 19.4 Å². The second kappa shape index (κ2) is 31.4. The van der Waals surface area contributed by atoms with Crippen LogP contribution in [0.4, 0.5) is 0 Å². The first kappa shape index (κ1) is 52.0. The van der Waals surface area contributed by atoms with Gasteiger partial charge in [0.05, 0.1) is 6.42 Å². The lowest BCUT2D eigenvalue weighted by Gasteiger charge is -2.13. The Kier molecular flexibility index (Phi) is 30.2. The molecule has 0 aliphatic carbocycles. The predicted molar refractivity (Wildman–Crippen MR) is 198 cm³/mol. The van der Waals surface area contributed by atoms with Crippen LogP contribution in [0.25, 0.3) is 13.2 Å². The molecule has 296 valence electrons. The topological polar surface area (TPSA) is 254 Å². The lowest BCUT2D eigenvalue weighted by atomic mass is 10.1. The molecule has 0 radical (unpaired) electrons. The highest BCUT2D eigenvalue weighted by Crippen LogP contribution is 2.08. The molecule has 3 aromatic carbocycles. The van der Waals surface area contributed by atoms with Crippen molar-refractivity contribution in [1.82, 2.24) is 5.32 Å². The number of aliphatic carboxylic acids is 4. The Labute approximate surface area is 314 Å². The Balaban J connectivity index is -0.000000713. The highest BCUT2D eigenvalue weighted by molar-refractivity contribution is 5.85. The second-order valence-corrected chi connectivity index (χ2v) is 10.8. The van der Waals surface area contributed by atoms with E-state index < -0.39 is 35.8 Å². The third kappa shape index (κ3) is 35.5. The summed E-state index contributed by atoms with van der Waals surface area (Å²) in [4.78, 5) is 72.6. The van der Waals surface area contributed by atoms with Gasteiger partial charge in [0.2, 0.25) is 5.91 Å². The van der Waals surface area contributed by atoms with Gasteiger partial charge in [0.1, 0.15) is 19.3 Å². The normalized spacial score (nSPS) is 9.54. The summed E-state index contributed by atoms with van der Waals surface area (Å²) in [5.74, 6) is -5.21. The Hall–Kier alpha value is -6.35. The van der Waals surface area contributed by atoms with Gasteiger partial charge in [0.15, 0.2) is 0 Å². The van der Waals surface area contributed by atoms with Crippen LogP contribution in [0.2, 0.25) is 0 Å². The largest absolute Gasteiger partial charge is 0.857 e. The maximum Gasteiger partial charge on any atom is 0.326 e. The number of carboxylic acids is 4. The number of nitrogens with one attached hydrogen (secondary N) is 1. The van der Waals surface area contributed by atoms with Gasteiger partial charge in [-0.15, -0.1) is 0 Å². The average Bonchev–Trinajstić information content (AvgIpc) is 3.08. The number of carbonyl (C=O) groups excluding carboxylic acids is 3. The average molecular weight is 757 g/mol. The fourth-order valence-electron chi connectivity index (χ4n) is 3.30. The number of ether oxygens (including phenoxy) is 2. The van der Waals surface area contributed by atoms with E-state index in [4.69, 9.17) is 44.6 Å². The first-order valence-electron chi connectivity index (χ1n) is 15.9. The quantitative estimate of drug-likeness (QED) is 0.176. The third-order valence-corrected chi connectivity index (χ3v) is 5.70. The minimum atomic E-state index is -1.28. The number of aryl methyl sites for hydroxylation is 1. The molecule has 15 heteroatoms. The van der Waals surface area contributed by atoms with Gasteiger partial charge in [-0.25, -0.2) is 4.79 Å². The molecule has 0 unspecified atom stereocenters. The van der Waals surface area contributed by atoms with Crippen molar-refractivity contribution in [2.24, 2.45) is 0 Å². The van der Waals surface area contributed by atoms with Gasteiger partial charge in [-0.05, 0) is 40.5 Å². The molecule has 0 heterocycles. The first-order chi connectivity index (χ1) is 25.2. The Bertz CT molecular complexity index is 1620. The third-order valence-electron chi connectivity index (χ3n) is 5.70. The zero-order chi connectivity index (χ0) is 42.2. The van der Waals surface area contributed by atoms with Crippen LogP contribution in [0.1, 0.15) is 62.8 Å². The number of hydrogen-bond donors (Lipinski definition) is 5. The molecule has 3 aromatic rings. The first-order valence-corrected chi connectivity index (χ1v) is 15.9. The van der Waals surface area contributed by atoms with Gasteiger partial charge in [-0.2, -0.15) is 7.11 Å². The van der Waals surface area contributed by atoms with Crippen LogP contribution >= 0.6 is 0 Å². The van der Waals surface area contributed by atoms with Crippen LogP contribution in [-0.2, 0) is 62.7 Å². The summed E-state index contributed by atoms with van der Waals surface area (Å²) in [5, 5.41) is 45.0. The molecular weight excluding hydrogens is 706 g/mol. The van der Waals surface area contributed by atoms with Gasteiger partial charge in [0.25, 0.3) is 11.9 Å². The predicted octanol–water partition coefficient (Wildman–Crippen LogP) is 2.45. The molecule has 3 rings (SSSR count). The van der Waals surface area contributed by atoms with E-state index in [0.29, 0.717) is 12.2 Å². The molecule has 0 fully saturated rings. The standard InChI is InChI=1S/C16H19NO7.C10H12O2.C8H8.2C2H4O2.CH3O/c1-10(18)24-9-12-4-2-11(3-5-12)8-14(19)17-13(16(22)23)6-7-15(20)21;1-8-3-5-10(6-4-8)7-12-9(2)11;1-7-3-5-8(2)6-4-7;2*1-2(3)4;1-2/h2-5,13H,6-9H2,1H3,(H,17,19)(H,20,21)(H,22,23);3-6H,7H2,1-2H3;3-6H,1-2H2;2*1H3,(H,3,4);1H3/q;;;;;-1/t13-;;;;;/m0...../s1. The van der Waals surface area contributed by atoms with E-state index in [9.17, 15) is 24.0 Å². The number of carboxylic acid groups (broad SMARTS) is 4. The second-order valence-electron chi connectivity index (χ2n) is 10.8. The molecule has 0 spiro atoms. The molecule has 0 aliphatic heterocycles. The minimum absolute atomic E-state index is 0.0370. The molecule has 15 nitrogen and oxygen atoms in total. The SMILES string of the molecule is C=c1ccc(=C)cc1.CC(=O)O.CC(=O)O.CC(=O)OCc1ccc(C)cc1.CC(=O)OCc1ccc(CC(=O)N[C@@H](CCC(=O)O)C(=O)O)cc1.C[O-]. The summed E-state index contributed by atoms with van der Waals surface area (Å²) in [7, 11) is 0.750. The van der Waals surface area contributed by atoms with E-state index in [1.807, 2.05) is 55.5 Å². The van der Waals surface area contributed by atoms with Crippen LogP contribution < -0.4 is 20.9 Å². The monoisotopic (exact) mass is 756 g/mol. The summed E-state index contributed by atoms with van der Waals surface area (Å²) >= 11 is 0. The highest BCUT2D eigenvalue weighted by atomic mass is 16.5. The zero-order valence-electron chi connectivity index (χ0n) is 31.3. The van der Waals surface area contributed by atoms with Crippen molar-refractivity contribution >= 4 is 54.9 Å². The van der Waals surface area contributed by atoms with Crippen molar-refractivity contribution in [2.45, 2.75) is 73.1 Å². The molecule has 0 saturated heterocycles. The summed E-state index contributed by atoms with van der Waals surface area (Å²) in [6.07, 6.45) is -0.565. The van der Waals surface area contributed by atoms with E-state index in [0.717, 1.165) is 42.5 Å². The fraction of sp³-hybridized carbons (Fsp3) is 0.308. The Morgan fingerprint density at radius 1 is 0.630 bits per heavy atom. The van der Waals surface area contributed by atoms with Crippen LogP contribution in [0.15, 0.2) is 72.8 Å². The number of rotatable bonds is 11. The summed E-state index contributed by atoms with van der Waals surface area (Å²) < 4.78 is 9.67. The van der Waals surface area contributed by atoms with Gasteiger partial charge >= 0.3 is 23.9 Å². The molecule has 1 amide bonds. The van der Waals surface area contributed by atoms with Crippen LogP contribution in [0, 0.1) is 6.92 Å². The minimum Gasteiger partial charge on any atom is -0.857 e. The highest BCUT2D eigenvalue weighted by Gasteiger charge is 2.20. The van der Waals surface area contributed by atoms with Gasteiger partial charge in [-0.1, -0.05) is 91.5 Å². The molecule has 1 atom stereocenters. The molecule has 0 saturated carbocycles. The fourth-order valence-corrected chi connectivity index (χ4v) is 3.30. The van der Waals surface area contributed by atoms with Crippen molar-refractivity contribution in [3.05, 3.63) is 105 Å². The molecule has 0 aliphatic rings. The van der Waals surface area contributed by atoms with Crippen molar-refractivity contribution in [2.75, 3.05) is 7.11 Å². The molecule has 5 N–H and O–H groups in total. The van der Waals surface area contributed by atoms with E-state index in [1.54, 1.807) is 24.3 Å². The smallest absolute Gasteiger partial charge is 0.326 e. The van der Waals surface area contributed by atoms with Crippen LogP contribution in [0.3, 0.4) is 0 Å². The molecule has 0 bridgehead atoms.